The summed E-state index contributed by atoms with van der Waals surface area (Å²) in [4.78, 5) is 11.7. The Bertz CT molecular complexity index is 397. The first-order chi connectivity index (χ1) is 8.69. The number of hydrogen-bond acceptors (Lipinski definition) is 3. The summed E-state index contributed by atoms with van der Waals surface area (Å²) < 4.78 is 18.4. The fourth-order valence-electron chi connectivity index (χ4n) is 1.55. The van der Waals surface area contributed by atoms with Crippen molar-refractivity contribution in [2.75, 3.05) is 20.2 Å². The number of unbranched alkanes of at least 4 members (excludes halogenated alkanes) is 2. The van der Waals surface area contributed by atoms with E-state index in [2.05, 4.69) is 5.32 Å². The van der Waals surface area contributed by atoms with Gasteiger partial charge in [-0.3, -0.25) is 4.79 Å². The average Bonchev–Trinajstić information content (AvgIpc) is 2.38. The van der Waals surface area contributed by atoms with Crippen LogP contribution in [0.5, 0.6) is 5.75 Å². The largest absolute Gasteiger partial charge is 0.497 e. The second-order valence-electron chi connectivity index (χ2n) is 3.95. The molecule has 0 aliphatic heterocycles. The highest BCUT2D eigenvalue weighted by atomic mass is 19.1. The van der Waals surface area contributed by atoms with E-state index in [1.807, 2.05) is 0 Å². The van der Waals surface area contributed by atoms with Gasteiger partial charge in [-0.05, 0) is 31.5 Å². The molecular weight excluding hydrogens is 235 g/mol. The van der Waals surface area contributed by atoms with Crippen LogP contribution in [-0.2, 0) is 0 Å². The Kier molecular flexibility index (Phi) is 6.14. The number of carbonyl (C=O) groups excluding carboxylic acids is 1. The minimum Gasteiger partial charge on any atom is -0.497 e. The highest BCUT2D eigenvalue weighted by Crippen LogP contribution is 2.16. The minimum atomic E-state index is -0.575. The molecule has 1 aromatic rings. The third kappa shape index (κ3) is 4.33. The van der Waals surface area contributed by atoms with E-state index >= 15 is 0 Å². The molecule has 5 heteroatoms. The van der Waals surface area contributed by atoms with Crippen LogP contribution in [0.4, 0.5) is 4.39 Å². The molecule has 0 saturated carbocycles. The summed E-state index contributed by atoms with van der Waals surface area (Å²) in [6.45, 7) is 1.19. The van der Waals surface area contributed by atoms with Gasteiger partial charge in [0.1, 0.15) is 11.6 Å². The maximum atomic E-state index is 13.6. The zero-order valence-corrected chi connectivity index (χ0v) is 10.5. The summed E-state index contributed by atoms with van der Waals surface area (Å²) >= 11 is 0. The van der Waals surface area contributed by atoms with Gasteiger partial charge in [0.25, 0.3) is 5.91 Å². The van der Waals surface area contributed by atoms with Crippen molar-refractivity contribution >= 4 is 5.91 Å². The van der Waals surface area contributed by atoms with Crippen molar-refractivity contribution < 1.29 is 13.9 Å². The topological polar surface area (TPSA) is 64.3 Å². The fraction of sp³-hybridized carbons (Fsp3) is 0.462. The Morgan fingerprint density at radius 1 is 1.39 bits per heavy atom. The summed E-state index contributed by atoms with van der Waals surface area (Å²) in [5.41, 5.74) is 5.40. The number of amides is 1. The highest BCUT2D eigenvalue weighted by molar-refractivity contribution is 5.94. The molecular formula is C13H19FN2O2. The first kappa shape index (κ1) is 14.4. The molecule has 0 unspecified atom stereocenters. The van der Waals surface area contributed by atoms with Crippen LogP contribution in [-0.4, -0.2) is 26.1 Å². The van der Waals surface area contributed by atoms with E-state index in [0.29, 0.717) is 18.8 Å². The number of benzene rings is 1. The zero-order chi connectivity index (χ0) is 13.4. The molecule has 1 aromatic carbocycles. The van der Waals surface area contributed by atoms with E-state index in [1.165, 1.54) is 19.2 Å². The van der Waals surface area contributed by atoms with Crippen molar-refractivity contribution in [2.45, 2.75) is 19.3 Å². The molecule has 1 rings (SSSR count). The number of carbonyl (C=O) groups is 1. The van der Waals surface area contributed by atoms with Crippen molar-refractivity contribution in [3.05, 3.63) is 29.6 Å². The number of nitrogens with two attached hydrogens (primary N) is 1. The summed E-state index contributed by atoms with van der Waals surface area (Å²) in [5.74, 6) is -0.580. The molecule has 100 valence electrons. The van der Waals surface area contributed by atoms with Crippen LogP contribution < -0.4 is 15.8 Å². The lowest BCUT2D eigenvalue weighted by Crippen LogP contribution is -2.25. The Morgan fingerprint density at radius 3 is 2.78 bits per heavy atom. The lowest BCUT2D eigenvalue weighted by Gasteiger charge is -2.07. The Labute approximate surface area is 106 Å². The van der Waals surface area contributed by atoms with Crippen molar-refractivity contribution in [3.63, 3.8) is 0 Å². The Morgan fingerprint density at radius 2 is 2.17 bits per heavy atom. The monoisotopic (exact) mass is 254 g/mol. The molecule has 3 N–H and O–H groups in total. The molecule has 4 nitrogen and oxygen atoms in total. The van der Waals surface area contributed by atoms with Crippen molar-refractivity contribution in [1.29, 1.82) is 0 Å². The van der Waals surface area contributed by atoms with Crippen molar-refractivity contribution in [3.8, 4) is 5.75 Å². The van der Waals surface area contributed by atoms with Crippen LogP contribution in [0.2, 0.25) is 0 Å². The molecule has 0 aromatic heterocycles. The standard InChI is InChI=1S/C13H19FN2O2/c1-18-10-5-6-11(12(14)9-10)13(17)16-8-4-2-3-7-15/h5-6,9H,2-4,7-8,15H2,1H3,(H,16,17). The summed E-state index contributed by atoms with van der Waals surface area (Å²) in [6.07, 6.45) is 2.75. The molecule has 0 fully saturated rings. The molecule has 18 heavy (non-hydrogen) atoms. The summed E-state index contributed by atoms with van der Waals surface area (Å²) in [7, 11) is 1.45. The van der Waals surface area contributed by atoms with Crippen LogP contribution in [0.1, 0.15) is 29.6 Å². The van der Waals surface area contributed by atoms with Gasteiger partial charge in [0.2, 0.25) is 0 Å². The minimum absolute atomic E-state index is 0.0367. The predicted octanol–water partition coefficient (Wildman–Crippen LogP) is 1.69. The molecule has 0 bridgehead atoms. The number of hydrogen-bond donors (Lipinski definition) is 2. The Hall–Kier alpha value is -1.62. The first-order valence-electron chi connectivity index (χ1n) is 6.01. The van der Waals surface area contributed by atoms with Gasteiger partial charge in [-0.15, -0.1) is 0 Å². The van der Waals surface area contributed by atoms with Gasteiger partial charge >= 0.3 is 0 Å². The number of methoxy groups -OCH3 is 1. The van der Waals surface area contributed by atoms with Gasteiger partial charge in [0.05, 0.1) is 12.7 Å². The van der Waals surface area contributed by atoms with Crippen molar-refractivity contribution in [2.24, 2.45) is 5.73 Å². The smallest absolute Gasteiger partial charge is 0.254 e. The highest BCUT2D eigenvalue weighted by Gasteiger charge is 2.11. The molecule has 1 amide bonds. The quantitative estimate of drug-likeness (QED) is 0.728. The van der Waals surface area contributed by atoms with Gasteiger partial charge in [-0.25, -0.2) is 4.39 Å². The third-order valence-corrected chi connectivity index (χ3v) is 2.59. The third-order valence-electron chi connectivity index (χ3n) is 2.59. The summed E-state index contributed by atoms with van der Waals surface area (Å²) in [6, 6.07) is 4.18. The molecule has 0 saturated heterocycles. The zero-order valence-electron chi connectivity index (χ0n) is 10.5. The van der Waals surface area contributed by atoms with Crippen LogP contribution in [0.15, 0.2) is 18.2 Å². The molecule has 0 heterocycles. The molecule has 0 radical (unpaired) electrons. The van der Waals surface area contributed by atoms with E-state index < -0.39 is 11.7 Å². The molecule has 0 aliphatic rings. The van der Waals surface area contributed by atoms with E-state index in [1.54, 1.807) is 6.07 Å². The van der Waals surface area contributed by atoms with E-state index in [9.17, 15) is 9.18 Å². The van der Waals surface area contributed by atoms with Crippen LogP contribution in [0.3, 0.4) is 0 Å². The SMILES string of the molecule is COc1ccc(C(=O)NCCCCCN)c(F)c1. The maximum Gasteiger partial charge on any atom is 0.254 e. The molecule has 0 spiro atoms. The van der Waals surface area contributed by atoms with Gasteiger partial charge in [-0.2, -0.15) is 0 Å². The first-order valence-corrected chi connectivity index (χ1v) is 6.01. The van der Waals surface area contributed by atoms with Gasteiger partial charge in [0.15, 0.2) is 0 Å². The number of nitrogens with one attached hydrogen (secondary N) is 1. The van der Waals surface area contributed by atoms with Crippen molar-refractivity contribution in [1.82, 2.24) is 5.32 Å². The van der Waals surface area contributed by atoms with Crippen LogP contribution in [0.25, 0.3) is 0 Å². The predicted molar refractivity (Wildman–Crippen MR) is 68.2 cm³/mol. The fourth-order valence-corrected chi connectivity index (χ4v) is 1.55. The van der Waals surface area contributed by atoms with E-state index in [0.717, 1.165) is 19.3 Å². The second kappa shape index (κ2) is 7.66. The van der Waals surface area contributed by atoms with Crippen LogP contribution in [0, 0.1) is 5.82 Å². The van der Waals surface area contributed by atoms with Gasteiger partial charge < -0.3 is 15.8 Å². The average molecular weight is 254 g/mol. The van der Waals surface area contributed by atoms with Crippen LogP contribution >= 0.6 is 0 Å². The number of ether oxygens (including phenoxy) is 1. The lowest BCUT2D eigenvalue weighted by molar-refractivity contribution is 0.0949. The molecule has 0 atom stereocenters. The maximum absolute atomic E-state index is 13.6. The number of halogens is 1. The van der Waals surface area contributed by atoms with E-state index in [-0.39, 0.29) is 5.56 Å². The normalized spacial score (nSPS) is 10.2. The van der Waals surface area contributed by atoms with Gasteiger partial charge in [-0.1, -0.05) is 6.42 Å². The number of rotatable bonds is 7. The molecule has 0 aliphatic carbocycles. The van der Waals surface area contributed by atoms with E-state index in [4.69, 9.17) is 10.5 Å². The van der Waals surface area contributed by atoms with Gasteiger partial charge in [0, 0.05) is 12.6 Å². The Balaban J connectivity index is 2.46. The second-order valence-corrected chi connectivity index (χ2v) is 3.95. The summed E-state index contributed by atoms with van der Waals surface area (Å²) in [5, 5.41) is 2.68. The lowest BCUT2D eigenvalue weighted by atomic mass is 10.2.